The van der Waals surface area contributed by atoms with Gasteiger partial charge in [0.2, 0.25) is 0 Å². The average molecular weight is 411 g/mol. The number of halogens is 1. The summed E-state index contributed by atoms with van der Waals surface area (Å²) in [6.07, 6.45) is 5.22. The predicted octanol–water partition coefficient (Wildman–Crippen LogP) is 3.96. The molecule has 1 N–H and O–H groups in total. The van der Waals surface area contributed by atoms with Crippen LogP contribution in [0.3, 0.4) is 0 Å². The van der Waals surface area contributed by atoms with Crippen molar-refractivity contribution in [3.05, 3.63) is 91.9 Å². The quantitative estimate of drug-likeness (QED) is 0.552. The summed E-state index contributed by atoms with van der Waals surface area (Å²) in [7, 11) is 0. The highest BCUT2D eigenvalue weighted by molar-refractivity contribution is 7.15. The lowest BCUT2D eigenvalue weighted by molar-refractivity contribution is 0.102. The van der Waals surface area contributed by atoms with Gasteiger partial charge in [0.15, 0.2) is 5.13 Å². The molecule has 0 aliphatic rings. The second kappa shape index (κ2) is 7.53. The monoisotopic (exact) mass is 410 g/mol. The van der Waals surface area contributed by atoms with Gasteiger partial charge in [-0.25, -0.2) is 9.97 Å². The van der Waals surface area contributed by atoms with E-state index in [2.05, 4.69) is 15.3 Å². The van der Waals surface area contributed by atoms with E-state index < -0.39 is 11.5 Å². The molecule has 0 fully saturated rings. The molecular weight excluding hydrogens is 396 g/mol. The summed E-state index contributed by atoms with van der Waals surface area (Å²) in [6.45, 7) is 1.91. The minimum absolute atomic E-state index is 0.0378. The van der Waals surface area contributed by atoms with E-state index in [-0.39, 0.29) is 5.56 Å². The van der Waals surface area contributed by atoms with E-state index >= 15 is 0 Å². The molecule has 0 aliphatic carbocycles. The van der Waals surface area contributed by atoms with Crippen molar-refractivity contribution in [2.75, 3.05) is 5.32 Å². The van der Waals surface area contributed by atoms with Gasteiger partial charge in [-0.2, -0.15) is 0 Å². The Kier molecular flexibility index (Phi) is 4.93. The number of nitrogens with one attached hydrogen (secondary N) is 1. The maximum atomic E-state index is 12.6. The van der Waals surface area contributed by atoms with Gasteiger partial charge < -0.3 is 0 Å². The van der Waals surface area contributed by atoms with Crippen molar-refractivity contribution in [3.8, 4) is 0 Å². The van der Waals surface area contributed by atoms with E-state index in [1.54, 1.807) is 24.5 Å². The number of hydrogen-bond donors (Lipinski definition) is 1. The van der Waals surface area contributed by atoms with Gasteiger partial charge in [-0.1, -0.05) is 29.8 Å². The highest BCUT2D eigenvalue weighted by Crippen LogP contribution is 2.24. The highest BCUT2D eigenvalue weighted by atomic mass is 35.5. The largest absolute Gasteiger partial charge is 0.298 e. The molecular formula is C20H15ClN4O2S. The van der Waals surface area contributed by atoms with Crippen LogP contribution in [0.5, 0.6) is 0 Å². The molecule has 0 unspecified atom stereocenters. The second-order valence-corrected chi connectivity index (χ2v) is 7.79. The molecule has 28 heavy (non-hydrogen) atoms. The number of pyridine rings is 1. The first-order valence-corrected chi connectivity index (χ1v) is 9.68. The fraction of sp³-hybridized carbons (Fsp3) is 0.100. The third-order valence-corrected chi connectivity index (χ3v) is 5.49. The lowest BCUT2D eigenvalue weighted by Gasteiger charge is -2.04. The first-order chi connectivity index (χ1) is 13.5. The number of carbonyl (C=O) groups is 1. The van der Waals surface area contributed by atoms with Gasteiger partial charge in [-0.05, 0) is 36.2 Å². The Morgan fingerprint density at radius 1 is 1.21 bits per heavy atom. The summed E-state index contributed by atoms with van der Waals surface area (Å²) in [5, 5.41) is 3.78. The molecule has 4 rings (SSSR count). The van der Waals surface area contributed by atoms with Gasteiger partial charge in [-0.3, -0.25) is 19.3 Å². The van der Waals surface area contributed by atoms with Crippen LogP contribution in [0.15, 0.2) is 59.8 Å². The number of benzene rings is 1. The van der Waals surface area contributed by atoms with Crippen molar-refractivity contribution in [1.82, 2.24) is 14.4 Å². The fourth-order valence-electron chi connectivity index (χ4n) is 2.77. The first-order valence-electron chi connectivity index (χ1n) is 8.49. The van der Waals surface area contributed by atoms with Gasteiger partial charge in [0.1, 0.15) is 11.2 Å². The molecule has 0 spiro atoms. The van der Waals surface area contributed by atoms with Crippen LogP contribution in [0.4, 0.5) is 5.13 Å². The molecule has 0 radical (unpaired) electrons. The van der Waals surface area contributed by atoms with Gasteiger partial charge in [0, 0.05) is 34.9 Å². The smallest absolute Gasteiger partial charge is 0.270 e. The summed E-state index contributed by atoms with van der Waals surface area (Å²) in [4.78, 5) is 34.5. The number of rotatable bonds is 4. The topological polar surface area (TPSA) is 76.4 Å². The van der Waals surface area contributed by atoms with E-state index in [4.69, 9.17) is 11.6 Å². The van der Waals surface area contributed by atoms with Crippen molar-refractivity contribution in [1.29, 1.82) is 0 Å². The molecule has 0 atom stereocenters. The predicted molar refractivity (Wildman–Crippen MR) is 111 cm³/mol. The number of nitrogens with zero attached hydrogens (tertiary/aromatic N) is 3. The molecule has 0 saturated carbocycles. The van der Waals surface area contributed by atoms with Crippen LogP contribution in [0.1, 0.15) is 26.4 Å². The van der Waals surface area contributed by atoms with Crippen LogP contribution < -0.4 is 10.9 Å². The summed E-state index contributed by atoms with van der Waals surface area (Å²) in [6, 6.07) is 11.2. The van der Waals surface area contributed by atoms with Crippen LogP contribution in [0, 0.1) is 6.92 Å². The molecule has 140 valence electrons. The molecule has 4 aromatic rings. The summed E-state index contributed by atoms with van der Waals surface area (Å²) < 4.78 is 1.35. The van der Waals surface area contributed by atoms with Gasteiger partial charge in [-0.15, -0.1) is 11.3 Å². The lowest BCUT2D eigenvalue weighted by Crippen LogP contribution is -2.26. The van der Waals surface area contributed by atoms with E-state index in [0.717, 1.165) is 16.0 Å². The number of thiazole rings is 1. The van der Waals surface area contributed by atoms with Gasteiger partial charge in [0.05, 0.1) is 0 Å². The maximum Gasteiger partial charge on any atom is 0.270 e. The number of fused-ring (bicyclic) bond motifs is 1. The maximum absolute atomic E-state index is 12.6. The Morgan fingerprint density at radius 2 is 2.04 bits per heavy atom. The zero-order valence-corrected chi connectivity index (χ0v) is 16.4. The Hall–Kier alpha value is -3.03. The van der Waals surface area contributed by atoms with Crippen LogP contribution in [-0.4, -0.2) is 20.3 Å². The van der Waals surface area contributed by atoms with Crippen molar-refractivity contribution >= 4 is 39.6 Å². The standard InChI is InChI=1S/C20H15ClN4O2S/c1-12-6-7-25-17(8-12)22-11-15(19(25)27)18(26)24-20-23-10-14(28-20)9-13-4-2-3-5-16(13)21/h2-8,10-11H,9H2,1H3,(H,23,24,26). The summed E-state index contributed by atoms with van der Waals surface area (Å²) in [5.41, 5.74) is 2.01. The van der Waals surface area contributed by atoms with E-state index in [1.165, 1.54) is 21.9 Å². The number of aromatic nitrogens is 3. The molecule has 1 amide bonds. The van der Waals surface area contributed by atoms with E-state index in [9.17, 15) is 9.59 Å². The van der Waals surface area contributed by atoms with Gasteiger partial charge in [0.25, 0.3) is 11.5 Å². The Balaban J connectivity index is 1.55. The minimum atomic E-state index is -0.536. The van der Waals surface area contributed by atoms with Crippen molar-refractivity contribution in [3.63, 3.8) is 0 Å². The summed E-state index contributed by atoms with van der Waals surface area (Å²) in [5.74, 6) is -0.536. The number of anilines is 1. The number of amides is 1. The number of carbonyl (C=O) groups excluding carboxylic acids is 1. The third kappa shape index (κ3) is 3.67. The molecule has 0 bridgehead atoms. The lowest BCUT2D eigenvalue weighted by atomic mass is 10.1. The molecule has 0 aliphatic heterocycles. The number of hydrogen-bond acceptors (Lipinski definition) is 5. The summed E-state index contributed by atoms with van der Waals surface area (Å²) >= 11 is 7.53. The second-order valence-electron chi connectivity index (χ2n) is 6.26. The Morgan fingerprint density at radius 3 is 2.86 bits per heavy atom. The molecule has 3 aromatic heterocycles. The van der Waals surface area contributed by atoms with Gasteiger partial charge >= 0.3 is 0 Å². The van der Waals surface area contributed by atoms with E-state index in [0.29, 0.717) is 22.2 Å². The zero-order chi connectivity index (χ0) is 19.7. The molecule has 0 saturated heterocycles. The van der Waals surface area contributed by atoms with Crippen molar-refractivity contribution < 1.29 is 4.79 Å². The average Bonchev–Trinajstić information content (AvgIpc) is 3.10. The zero-order valence-electron chi connectivity index (χ0n) is 14.8. The molecule has 3 heterocycles. The van der Waals surface area contributed by atoms with E-state index in [1.807, 2.05) is 31.2 Å². The van der Waals surface area contributed by atoms with Crippen molar-refractivity contribution in [2.24, 2.45) is 0 Å². The van der Waals surface area contributed by atoms with Crippen LogP contribution in [0.25, 0.3) is 5.65 Å². The highest BCUT2D eigenvalue weighted by Gasteiger charge is 2.15. The molecule has 8 heteroatoms. The molecule has 1 aromatic carbocycles. The first kappa shape index (κ1) is 18.3. The Bertz CT molecular complexity index is 1250. The minimum Gasteiger partial charge on any atom is -0.298 e. The Labute approximate surface area is 169 Å². The third-order valence-electron chi connectivity index (χ3n) is 4.21. The van der Waals surface area contributed by atoms with Crippen LogP contribution in [-0.2, 0) is 6.42 Å². The van der Waals surface area contributed by atoms with Crippen LogP contribution >= 0.6 is 22.9 Å². The van der Waals surface area contributed by atoms with Crippen molar-refractivity contribution in [2.45, 2.75) is 13.3 Å². The fourth-order valence-corrected chi connectivity index (χ4v) is 3.81. The normalized spacial score (nSPS) is 10.9. The molecule has 6 nitrogen and oxygen atoms in total. The number of aryl methyl sites for hydroxylation is 1. The van der Waals surface area contributed by atoms with Crippen LogP contribution in [0.2, 0.25) is 5.02 Å². The SMILES string of the molecule is Cc1ccn2c(=O)c(C(=O)Nc3ncc(Cc4ccccc4Cl)s3)cnc2c1.